The third-order valence-corrected chi connectivity index (χ3v) is 3.09. The molecule has 6 heteroatoms. The number of carbonyl (C=O) groups excluding carboxylic acids is 1. The lowest BCUT2D eigenvalue weighted by atomic mass is 10.2. The first-order chi connectivity index (χ1) is 11.2. The van der Waals surface area contributed by atoms with Crippen molar-refractivity contribution < 1.29 is 9.53 Å². The molecule has 0 saturated carbocycles. The number of guanidine groups is 1. The van der Waals surface area contributed by atoms with Gasteiger partial charge in [0.1, 0.15) is 12.3 Å². The molecule has 0 aliphatic rings. The number of amides is 1. The van der Waals surface area contributed by atoms with Gasteiger partial charge in [-0.3, -0.25) is 4.79 Å². The fraction of sp³-hybridized carbons (Fsp3) is 0.176. The van der Waals surface area contributed by atoms with Crippen LogP contribution in [0.15, 0.2) is 59.6 Å². The summed E-state index contributed by atoms with van der Waals surface area (Å²) in [6.45, 7) is 0.409. The number of aliphatic imine (C=N–C) groups is 1. The van der Waals surface area contributed by atoms with Crippen LogP contribution in [0.3, 0.4) is 0 Å². The maximum absolute atomic E-state index is 11.8. The molecule has 0 heterocycles. The number of nitrogens with zero attached hydrogens (tertiary/aromatic N) is 1. The van der Waals surface area contributed by atoms with E-state index >= 15 is 0 Å². The van der Waals surface area contributed by atoms with Crippen LogP contribution in [-0.4, -0.2) is 25.5 Å². The van der Waals surface area contributed by atoms with Crippen LogP contribution in [0.1, 0.15) is 5.56 Å². The topological polar surface area (TPSA) is 88.7 Å². The number of methoxy groups -OCH3 is 1. The minimum absolute atomic E-state index is 0.0260. The Morgan fingerprint density at radius 2 is 1.83 bits per heavy atom. The Bertz CT molecular complexity index is 654. The summed E-state index contributed by atoms with van der Waals surface area (Å²) >= 11 is 0. The highest BCUT2D eigenvalue weighted by molar-refractivity contribution is 5.93. The van der Waals surface area contributed by atoms with Gasteiger partial charge in [0.05, 0.1) is 7.11 Å². The van der Waals surface area contributed by atoms with Crippen LogP contribution < -0.4 is 21.1 Å². The van der Waals surface area contributed by atoms with Crippen LogP contribution in [0, 0.1) is 0 Å². The van der Waals surface area contributed by atoms with E-state index in [1.165, 1.54) is 0 Å². The van der Waals surface area contributed by atoms with Gasteiger partial charge in [-0.15, -0.1) is 0 Å². The van der Waals surface area contributed by atoms with E-state index in [0.717, 1.165) is 17.0 Å². The van der Waals surface area contributed by atoms with E-state index in [0.29, 0.717) is 6.54 Å². The summed E-state index contributed by atoms with van der Waals surface area (Å²) in [4.78, 5) is 15.8. The zero-order chi connectivity index (χ0) is 16.5. The van der Waals surface area contributed by atoms with Crippen LogP contribution in [0.25, 0.3) is 0 Å². The summed E-state index contributed by atoms with van der Waals surface area (Å²) in [5.41, 5.74) is 7.55. The van der Waals surface area contributed by atoms with Gasteiger partial charge in [0, 0.05) is 12.2 Å². The summed E-state index contributed by atoms with van der Waals surface area (Å²) in [7, 11) is 1.61. The number of benzene rings is 2. The molecule has 6 nitrogen and oxygen atoms in total. The van der Waals surface area contributed by atoms with Gasteiger partial charge in [-0.05, 0) is 29.8 Å². The largest absolute Gasteiger partial charge is 0.497 e. The molecule has 120 valence electrons. The molecule has 0 aliphatic heterocycles. The predicted octanol–water partition coefficient (Wildman–Crippen LogP) is 1.74. The molecule has 0 aliphatic carbocycles. The lowest BCUT2D eigenvalue weighted by Crippen LogP contribution is -2.28. The van der Waals surface area contributed by atoms with Gasteiger partial charge in [-0.1, -0.05) is 30.3 Å². The Kier molecular flexibility index (Phi) is 5.99. The zero-order valence-electron chi connectivity index (χ0n) is 13.0. The molecule has 0 atom stereocenters. The number of ether oxygens (including phenoxy) is 1. The normalized spacial score (nSPS) is 10.9. The average molecular weight is 312 g/mol. The second-order valence-corrected chi connectivity index (χ2v) is 4.82. The molecular formula is C17H20N4O2. The minimum Gasteiger partial charge on any atom is -0.497 e. The number of para-hydroxylation sites is 1. The van der Waals surface area contributed by atoms with Crippen molar-refractivity contribution in [1.82, 2.24) is 5.32 Å². The molecule has 0 bridgehead atoms. The minimum atomic E-state index is -0.196. The van der Waals surface area contributed by atoms with Crippen molar-refractivity contribution in [1.29, 1.82) is 0 Å². The van der Waals surface area contributed by atoms with E-state index in [1.54, 1.807) is 7.11 Å². The lowest BCUT2D eigenvalue weighted by Gasteiger charge is -2.07. The average Bonchev–Trinajstić information content (AvgIpc) is 2.59. The molecule has 2 rings (SSSR count). The molecule has 0 spiro atoms. The number of hydrogen-bond acceptors (Lipinski definition) is 3. The lowest BCUT2D eigenvalue weighted by molar-refractivity contribution is -0.119. The van der Waals surface area contributed by atoms with Gasteiger partial charge in [-0.25, -0.2) is 4.99 Å². The van der Waals surface area contributed by atoms with Crippen molar-refractivity contribution in [2.75, 3.05) is 19.0 Å². The highest BCUT2D eigenvalue weighted by Crippen LogP contribution is 2.10. The third-order valence-electron chi connectivity index (χ3n) is 3.09. The predicted molar refractivity (Wildman–Crippen MR) is 91.4 cm³/mol. The van der Waals surface area contributed by atoms with Crippen molar-refractivity contribution in [2.45, 2.75) is 6.54 Å². The fourth-order valence-corrected chi connectivity index (χ4v) is 1.87. The highest BCUT2D eigenvalue weighted by Gasteiger charge is 2.01. The van der Waals surface area contributed by atoms with Crippen LogP contribution in [0.5, 0.6) is 5.75 Å². The van der Waals surface area contributed by atoms with Crippen molar-refractivity contribution in [3.8, 4) is 5.75 Å². The molecular weight excluding hydrogens is 292 g/mol. The molecule has 2 aromatic rings. The molecule has 1 amide bonds. The first-order valence-corrected chi connectivity index (χ1v) is 7.19. The quantitative estimate of drug-likeness (QED) is 0.560. The summed E-state index contributed by atoms with van der Waals surface area (Å²) in [5.74, 6) is 0.791. The van der Waals surface area contributed by atoms with Gasteiger partial charge in [-0.2, -0.15) is 0 Å². The second kappa shape index (κ2) is 8.43. The Morgan fingerprint density at radius 1 is 1.13 bits per heavy atom. The number of hydrogen-bond donors (Lipinski definition) is 3. The Labute approximate surface area is 135 Å². The van der Waals surface area contributed by atoms with Gasteiger partial charge in [0.15, 0.2) is 5.96 Å². The van der Waals surface area contributed by atoms with Crippen molar-refractivity contribution in [2.24, 2.45) is 10.7 Å². The highest BCUT2D eigenvalue weighted by atomic mass is 16.5. The van der Waals surface area contributed by atoms with Gasteiger partial charge in [0.25, 0.3) is 0 Å². The second-order valence-electron chi connectivity index (χ2n) is 4.82. The summed E-state index contributed by atoms with van der Waals surface area (Å²) in [6.07, 6.45) is 0. The SMILES string of the molecule is COc1ccc(CNC(=O)CN=C(N)Nc2ccccc2)cc1. The van der Waals surface area contributed by atoms with Gasteiger partial charge < -0.3 is 21.1 Å². The summed E-state index contributed by atoms with van der Waals surface area (Å²) < 4.78 is 5.08. The molecule has 23 heavy (non-hydrogen) atoms. The van der Waals surface area contributed by atoms with E-state index in [4.69, 9.17) is 10.5 Å². The Balaban J connectivity index is 1.76. The molecule has 4 N–H and O–H groups in total. The summed E-state index contributed by atoms with van der Waals surface area (Å²) in [5, 5.41) is 5.70. The zero-order valence-corrected chi connectivity index (χ0v) is 13.0. The molecule has 0 fully saturated rings. The molecule has 2 aromatic carbocycles. The van der Waals surface area contributed by atoms with Crippen LogP contribution in [-0.2, 0) is 11.3 Å². The number of nitrogens with one attached hydrogen (secondary N) is 2. The van der Waals surface area contributed by atoms with E-state index in [-0.39, 0.29) is 18.4 Å². The van der Waals surface area contributed by atoms with E-state index in [1.807, 2.05) is 54.6 Å². The first kappa shape index (κ1) is 16.4. The van der Waals surface area contributed by atoms with Gasteiger partial charge in [0.2, 0.25) is 5.91 Å². The standard InChI is InChI=1S/C17H20N4O2/c1-23-15-9-7-13(8-10-15)11-19-16(22)12-20-17(18)21-14-5-3-2-4-6-14/h2-10H,11-12H2,1H3,(H,19,22)(H3,18,20,21). The van der Waals surface area contributed by atoms with Crippen LogP contribution in [0.4, 0.5) is 5.69 Å². The van der Waals surface area contributed by atoms with Crippen molar-refractivity contribution in [3.63, 3.8) is 0 Å². The maximum Gasteiger partial charge on any atom is 0.242 e. The van der Waals surface area contributed by atoms with Crippen molar-refractivity contribution in [3.05, 3.63) is 60.2 Å². The third kappa shape index (κ3) is 5.70. The first-order valence-electron chi connectivity index (χ1n) is 7.19. The smallest absolute Gasteiger partial charge is 0.242 e. The van der Waals surface area contributed by atoms with E-state index < -0.39 is 0 Å². The Morgan fingerprint density at radius 3 is 2.48 bits per heavy atom. The number of carbonyl (C=O) groups is 1. The maximum atomic E-state index is 11.8. The van der Waals surface area contributed by atoms with Crippen LogP contribution >= 0.6 is 0 Å². The number of anilines is 1. The van der Waals surface area contributed by atoms with Gasteiger partial charge >= 0.3 is 0 Å². The monoisotopic (exact) mass is 312 g/mol. The van der Waals surface area contributed by atoms with E-state index in [2.05, 4.69) is 15.6 Å². The molecule has 0 radical (unpaired) electrons. The summed E-state index contributed by atoms with van der Waals surface area (Å²) in [6, 6.07) is 16.9. The molecule has 0 unspecified atom stereocenters. The fourth-order valence-electron chi connectivity index (χ4n) is 1.87. The Hall–Kier alpha value is -3.02. The number of rotatable bonds is 6. The van der Waals surface area contributed by atoms with Crippen molar-refractivity contribution >= 4 is 17.6 Å². The van der Waals surface area contributed by atoms with E-state index in [9.17, 15) is 4.79 Å². The molecule has 0 aromatic heterocycles. The molecule has 0 saturated heterocycles. The van der Waals surface area contributed by atoms with Crippen LogP contribution in [0.2, 0.25) is 0 Å². The number of nitrogens with two attached hydrogens (primary N) is 1.